The lowest BCUT2D eigenvalue weighted by molar-refractivity contribution is 0.271. The van der Waals surface area contributed by atoms with E-state index < -0.39 is 0 Å². The van der Waals surface area contributed by atoms with Crippen LogP contribution in [0, 0.1) is 11.8 Å². The summed E-state index contributed by atoms with van der Waals surface area (Å²) in [4.78, 5) is 2.63. The molecule has 0 spiro atoms. The lowest BCUT2D eigenvalue weighted by atomic mass is 10.1. The van der Waals surface area contributed by atoms with E-state index >= 15 is 0 Å². The van der Waals surface area contributed by atoms with Gasteiger partial charge < -0.3 is 10.6 Å². The smallest absolute Gasteiger partial charge is 0.00223 e. The van der Waals surface area contributed by atoms with Crippen LogP contribution in [0.25, 0.3) is 0 Å². The third-order valence-electron chi connectivity index (χ3n) is 3.69. The Kier molecular flexibility index (Phi) is 3.23. The highest BCUT2D eigenvalue weighted by Gasteiger charge is 2.24. The molecule has 13 heavy (non-hydrogen) atoms. The van der Waals surface area contributed by atoms with Crippen molar-refractivity contribution in [1.82, 2.24) is 4.90 Å². The van der Waals surface area contributed by atoms with Gasteiger partial charge in [-0.05, 0) is 44.2 Å². The molecule has 0 aromatic heterocycles. The molecule has 0 bridgehead atoms. The van der Waals surface area contributed by atoms with Gasteiger partial charge in [0.15, 0.2) is 0 Å². The normalized spacial score (nSPS) is 31.6. The zero-order valence-electron chi connectivity index (χ0n) is 8.54. The molecule has 1 aliphatic heterocycles. The second-order valence-corrected chi connectivity index (χ2v) is 4.80. The van der Waals surface area contributed by atoms with Crippen LogP contribution in [0.4, 0.5) is 0 Å². The molecule has 0 amide bonds. The van der Waals surface area contributed by atoms with Gasteiger partial charge in [-0.15, -0.1) is 0 Å². The van der Waals surface area contributed by atoms with Crippen molar-refractivity contribution in [3.8, 4) is 0 Å². The van der Waals surface area contributed by atoms with E-state index in [1.54, 1.807) is 0 Å². The van der Waals surface area contributed by atoms with Crippen LogP contribution < -0.4 is 5.73 Å². The number of nitrogens with zero attached hydrogens (tertiary/aromatic N) is 1. The van der Waals surface area contributed by atoms with Gasteiger partial charge in [0.05, 0.1) is 0 Å². The monoisotopic (exact) mass is 182 g/mol. The molecule has 2 rings (SSSR count). The van der Waals surface area contributed by atoms with Crippen LogP contribution in [-0.4, -0.2) is 31.1 Å². The van der Waals surface area contributed by atoms with E-state index in [0.29, 0.717) is 0 Å². The first-order chi connectivity index (χ1) is 6.38. The molecule has 2 N–H and O–H groups in total. The summed E-state index contributed by atoms with van der Waals surface area (Å²) in [5.74, 6) is 1.80. The van der Waals surface area contributed by atoms with Gasteiger partial charge in [0, 0.05) is 13.1 Å². The minimum absolute atomic E-state index is 0.793. The minimum Gasteiger partial charge on any atom is -0.330 e. The fourth-order valence-electron chi connectivity index (χ4n) is 2.83. The summed E-state index contributed by atoms with van der Waals surface area (Å²) in [6, 6.07) is 0. The summed E-state index contributed by atoms with van der Waals surface area (Å²) in [5.41, 5.74) is 5.68. The van der Waals surface area contributed by atoms with Crippen LogP contribution in [0.5, 0.6) is 0 Å². The van der Waals surface area contributed by atoms with Crippen molar-refractivity contribution in [3.05, 3.63) is 0 Å². The van der Waals surface area contributed by atoms with Gasteiger partial charge in [-0.1, -0.05) is 12.8 Å². The van der Waals surface area contributed by atoms with Gasteiger partial charge in [-0.25, -0.2) is 0 Å². The number of nitrogens with two attached hydrogens (primary N) is 1. The van der Waals surface area contributed by atoms with Crippen molar-refractivity contribution in [2.24, 2.45) is 17.6 Å². The van der Waals surface area contributed by atoms with Crippen molar-refractivity contribution in [1.29, 1.82) is 0 Å². The predicted octanol–water partition coefficient (Wildman–Crippen LogP) is 1.46. The summed E-state index contributed by atoms with van der Waals surface area (Å²) in [6.45, 7) is 4.82. The molecular weight excluding hydrogens is 160 g/mol. The van der Waals surface area contributed by atoms with Crippen LogP contribution in [0.3, 0.4) is 0 Å². The van der Waals surface area contributed by atoms with Gasteiger partial charge in [-0.3, -0.25) is 0 Å². The van der Waals surface area contributed by atoms with Crippen LogP contribution in [0.2, 0.25) is 0 Å². The van der Waals surface area contributed by atoms with Crippen LogP contribution in [0.15, 0.2) is 0 Å². The fourth-order valence-corrected chi connectivity index (χ4v) is 2.83. The van der Waals surface area contributed by atoms with Crippen LogP contribution >= 0.6 is 0 Å². The van der Waals surface area contributed by atoms with E-state index in [0.717, 1.165) is 18.4 Å². The first-order valence-corrected chi connectivity index (χ1v) is 5.81. The van der Waals surface area contributed by atoms with E-state index in [-0.39, 0.29) is 0 Å². The van der Waals surface area contributed by atoms with Crippen molar-refractivity contribution >= 4 is 0 Å². The fraction of sp³-hybridized carbons (Fsp3) is 1.00. The second kappa shape index (κ2) is 4.43. The molecular formula is C11H22N2. The van der Waals surface area contributed by atoms with Crippen molar-refractivity contribution in [2.45, 2.75) is 32.1 Å². The Morgan fingerprint density at radius 2 is 1.85 bits per heavy atom. The van der Waals surface area contributed by atoms with Crippen LogP contribution in [-0.2, 0) is 0 Å². The quantitative estimate of drug-likeness (QED) is 0.716. The highest BCUT2D eigenvalue weighted by molar-refractivity contribution is 4.79. The Labute approximate surface area is 81.5 Å². The molecule has 0 unspecified atom stereocenters. The molecule has 1 saturated heterocycles. The number of likely N-dealkylation sites (tertiary alicyclic amines) is 1. The molecule has 0 radical (unpaired) electrons. The molecule has 2 heteroatoms. The summed E-state index contributed by atoms with van der Waals surface area (Å²) in [7, 11) is 0. The molecule has 1 saturated carbocycles. The Morgan fingerprint density at radius 1 is 1.08 bits per heavy atom. The summed E-state index contributed by atoms with van der Waals surface area (Å²) >= 11 is 0. The van der Waals surface area contributed by atoms with E-state index in [4.69, 9.17) is 5.73 Å². The molecule has 1 aliphatic carbocycles. The zero-order valence-corrected chi connectivity index (χ0v) is 8.54. The van der Waals surface area contributed by atoms with Gasteiger partial charge >= 0.3 is 0 Å². The maximum absolute atomic E-state index is 5.68. The minimum atomic E-state index is 0.793. The third kappa shape index (κ3) is 2.44. The number of hydrogen-bond acceptors (Lipinski definition) is 2. The van der Waals surface area contributed by atoms with Crippen molar-refractivity contribution in [2.75, 3.05) is 26.2 Å². The van der Waals surface area contributed by atoms with E-state index in [2.05, 4.69) is 4.90 Å². The average Bonchev–Trinajstić information content (AvgIpc) is 2.76. The molecule has 0 aromatic rings. The topological polar surface area (TPSA) is 29.3 Å². The highest BCUT2D eigenvalue weighted by atomic mass is 15.1. The standard InChI is InChI=1S/C11H22N2/c12-7-11-5-6-13(9-11)8-10-3-1-2-4-10/h10-11H,1-9,12H2/t11-/m0/s1. The second-order valence-electron chi connectivity index (χ2n) is 4.80. The van der Waals surface area contributed by atoms with Gasteiger partial charge in [-0.2, -0.15) is 0 Å². The summed E-state index contributed by atoms with van der Waals surface area (Å²) < 4.78 is 0. The van der Waals surface area contributed by atoms with Crippen molar-refractivity contribution in [3.63, 3.8) is 0 Å². The van der Waals surface area contributed by atoms with Crippen molar-refractivity contribution < 1.29 is 0 Å². The molecule has 2 nitrogen and oxygen atoms in total. The van der Waals surface area contributed by atoms with E-state index in [9.17, 15) is 0 Å². The Bertz CT molecular complexity index is 152. The molecule has 0 aromatic carbocycles. The maximum atomic E-state index is 5.68. The SMILES string of the molecule is NC[C@@H]1CCN(CC2CCCC2)C1. The van der Waals surface area contributed by atoms with E-state index in [1.165, 1.54) is 51.7 Å². The maximum Gasteiger partial charge on any atom is 0.00223 e. The number of hydrogen-bond donors (Lipinski definition) is 1. The highest BCUT2D eigenvalue weighted by Crippen LogP contribution is 2.27. The van der Waals surface area contributed by atoms with Gasteiger partial charge in [0.1, 0.15) is 0 Å². The largest absolute Gasteiger partial charge is 0.330 e. The van der Waals surface area contributed by atoms with Gasteiger partial charge in [0.25, 0.3) is 0 Å². The Balaban J connectivity index is 1.70. The van der Waals surface area contributed by atoms with Crippen LogP contribution in [0.1, 0.15) is 32.1 Å². The third-order valence-corrected chi connectivity index (χ3v) is 3.69. The van der Waals surface area contributed by atoms with Gasteiger partial charge in [0.2, 0.25) is 0 Å². The lowest BCUT2D eigenvalue weighted by Crippen LogP contribution is -2.27. The Hall–Kier alpha value is -0.0800. The first kappa shape index (κ1) is 9.47. The molecule has 1 atom stereocenters. The molecule has 76 valence electrons. The summed E-state index contributed by atoms with van der Waals surface area (Å²) in [5, 5.41) is 0. The molecule has 2 fully saturated rings. The average molecular weight is 182 g/mol. The molecule has 1 heterocycles. The first-order valence-electron chi connectivity index (χ1n) is 5.81. The predicted molar refractivity (Wildman–Crippen MR) is 55.6 cm³/mol. The summed E-state index contributed by atoms with van der Waals surface area (Å²) in [6.07, 6.45) is 7.23. The van der Waals surface area contributed by atoms with E-state index in [1.807, 2.05) is 0 Å². The molecule has 2 aliphatic rings. The number of rotatable bonds is 3. The Morgan fingerprint density at radius 3 is 2.46 bits per heavy atom. The zero-order chi connectivity index (χ0) is 9.10. The lowest BCUT2D eigenvalue weighted by Gasteiger charge is -2.19.